The number of esters is 1. The molecule has 126 valence electrons. The molecule has 2 aliphatic rings. The number of methoxy groups -OCH3 is 1. The Morgan fingerprint density at radius 1 is 1.43 bits per heavy atom. The van der Waals surface area contributed by atoms with Crippen LogP contribution < -0.4 is 0 Å². The highest BCUT2D eigenvalue weighted by atomic mass is 16.5. The van der Waals surface area contributed by atoms with Crippen LogP contribution in [0.15, 0.2) is 24.3 Å². The van der Waals surface area contributed by atoms with Gasteiger partial charge in [0.05, 0.1) is 25.0 Å². The van der Waals surface area contributed by atoms with E-state index in [0.717, 1.165) is 0 Å². The average Bonchev–Trinajstić information content (AvgIpc) is 2.50. The largest absolute Gasteiger partial charge is 0.481 e. The van der Waals surface area contributed by atoms with Crippen molar-refractivity contribution < 1.29 is 29.3 Å². The number of carbonyl (C=O) groups is 3. The summed E-state index contributed by atoms with van der Waals surface area (Å²) in [5, 5.41) is 20.0. The summed E-state index contributed by atoms with van der Waals surface area (Å²) in [5.41, 5.74) is -2.03. The molecule has 0 aromatic carbocycles. The third kappa shape index (κ3) is 2.41. The number of aliphatic hydroxyl groups is 1. The number of carboxylic acid groups (broad SMARTS) is 1. The first-order chi connectivity index (χ1) is 10.6. The van der Waals surface area contributed by atoms with Crippen LogP contribution in [-0.2, 0) is 19.1 Å². The second-order valence-electron chi connectivity index (χ2n) is 6.78. The molecular weight excluding hydrogens is 300 g/mol. The van der Waals surface area contributed by atoms with Crippen molar-refractivity contribution >= 4 is 17.7 Å². The van der Waals surface area contributed by atoms with Crippen molar-refractivity contribution in [2.24, 2.45) is 22.7 Å². The summed E-state index contributed by atoms with van der Waals surface area (Å²) < 4.78 is 4.69. The molecule has 1 fully saturated rings. The lowest BCUT2D eigenvalue weighted by Gasteiger charge is -2.54. The van der Waals surface area contributed by atoms with Crippen LogP contribution >= 0.6 is 0 Å². The molecule has 2 N–H and O–H groups in total. The van der Waals surface area contributed by atoms with Crippen molar-refractivity contribution in [2.45, 2.75) is 32.8 Å². The Morgan fingerprint density at radius 2 is 2.04 bits per heavy atom. The van der Waals surface area contributed by atoms with Crippen molar-refractivity contribution in [1.29, 1.82) is 0 Å². The molecule has 0 radical (unpaired) electrons. The first-order valence-electron chi connectivity index (χ1n) is 7.49. The minimum absolute atomic E-state index is 0.116. The quantitative estimate of drug-likeness (QED) is 0.600. The van der Waals surface area contributed by atoms with Gasteiger partial charge in [-0.2, -0.15) is 0 Å². The molecule has 6 heteroatoms. The molecule has 23 heavy (non-hydrogen) atoms. The average molecular weight is 322 g/mol. The Hall–Kier alpha value is -1.95. The van der Waals surface area contributed by atoms with E-state index in [2.05, 4.69) is 11.3 Å². The lowest BCUT2D eigenvalue weighted by Crippen LogP contribution is -2.58. The summed E-state index contributed by atoms with van der Waals surface area (Å²) in [6, 6.07) is 0. The maximum Gasteiger partial charge on any atom is 0.313 e. The molecule has 0 heterocycles. The van der Waals surface area contributed by atoms with Crippen LogP contribution in [0.4, 0.5) is 0 Å². The number of carboxylic acids is 1. The van der Waals surface area contributed by atoms with Crippen molar-refractivity contribution in [3.63, 3.8) is 0 Å². The molecule has 1 saturated carbocycles. The zero-order valence-corrected chi connectivity index (χ0v) is 13.5. The summed E-state index contributed by atoms with van der Waals surface area (Å²) in [4.78, 5) is 36.2. The number of hydrogen-bond acceptors (Lipinski definition) is 5. The second kappa shape index (κ2) is 5.60. The minimum atomic E-state index is -1.29. The highest BCUT2D eigenvalue weighted by molar-refractivity contribution is 5.99. The van der Waals surface area contributed by atoms with Crippen LogP contribution in [-0.4, -0.2) is 41.1 Å². The number of allylic oxidation sites excluding steroid dienone is 1. The summed E-state index contributed by atoms with van der Waals surface area (Å²) >= 11 is 0. The van der Waals surface area contributed by atoms with Gasteiger partial charge in [-0.25, -0.2) is 0 Å². The van der Waals surface area contributed by atoms with Gasteiger partial charge in [0.1, 0.15) is 0 Å². The van der Waals surface area contributed by atoms with Crippen LogP contribution in [0.2, 0.25) is 0 Å². The predicted octanol–water partition coefficient (Wildman–Crippen LogP) is 1.34. The number of hydrogen-bond donors (Lipinski definition) is 2. The van der Waals surface area contributed by atoms with Gasteiger partial charge in [0, 0.05) is 11.3 Å². The SMILES string of the molecule is C=C1[C@H](O)CC2[C@](C)(C(=O)O)C=CC(=O)[C@]2(C)[C@H]1CC(=O)OC. The maximum atomic E-state index is 12.6. The molecule has 6 nitrogen and oxygen atoms in total. The zero-order chi connectivity index (χ0) is 17.6. The van der Waals surface area contributed by atoms with Gasteiger partial charge in [0.25, 0.3) is 0 Å². The molecule has 0 aromatic heterocycles. The highest BCUT2D eigenvalue weighted by Gasteiger charge is 2.61. The normalized spacial score (nSPS) is 39.7. The van der Waals surface area contributed by atoms with Gasteiger partial charge >= 0.3 is 11.9 Å². The molecule has 1 unspecified atom stereocenters. The van der Waals surface area contributed by atoms with E-state index in [0.29, 0.717) is 5.57 Å². The van der Waals surface area contributed by atoms with E-state index in [1.54, 1.807) is 6.92 Å². The molecule has 0 aromatic rings. The van der Waals surface area contributed by atoms with Gasteiger partial charge in [-0.15, -0.1) is 0 Å². The topological polar surface area (TPSA) is 101 Å². The van der Waals surface area contributed by atoms with Crippen LogP contribution in [0, 0.1) is 22.7 Å². The van der Waals surface area contributed by atoms with E-state index >= 15 is 0 Å². The number of carbonyl (C=O) groups excluding carboxylic acids is 2. The van der Waals surface area contributed by atoms with E-state index in [1.807, 2.05) is 0 Å². The van der Waals surface area contributed by atoms with Gasteiger partial charge < -0.3 is 14.9 Å². The third-order valence-corrected chi connectivity index (χ3v) is 5.68. The Kier molecular flexibility index (Phi) is 4.24. The molecule has 0 amide bonds. The molecule has 0 aliphatic heterocycles. The number of fused-ring (bicyclic) bond motifs is 1. The van der Waals surface area contributed by atoms with Gasteiger partial charge in [0.15, 0.2) is 5.78 Å². The number of aliphatic carboxylic acids is 1. The summed E-state index contributed by atoms with van der Waals surface area (Å²) in [6.07, 6.45) is 1.71. The number of rotatable bonds is 3. The fraction of sp³-hybridized carbons (Fsp3) is 0.588. The Morgan fingerprint density at radius 3 is 2.57 bits per heavy atom. The summed E-state index contributed by atoms with van der Waals surface area (Å²) in [7, 11) is 1.24. The molecule has 2 aliphatic carbocycles. The zero-order valence-electron chi connectivity index (χ0n) is 13.5. The van der Waals surface area contributed by atoms with Crippen LogP contribution in [0.25, 0.3) is 0 Å². The summed E-state index contributed by atoms with van der Waals surface area (Å²) in [5.74, 6) is -3.14. The van der Waals surface area contributed by atoms with E-state index < -0.39 is 40.7 Å². The molecule has 5 atom stereocenters. The summed E-state index contributed by atoms with van der Waals surface area (Å²) in [6.45, 7) is 7.05. The van der Waals surface area contributed by atoms with Crippen LogP contribution in [0.5, 0.6) is 0 Å². The third-order valence-electron chi connectivity index (χ3n) is 5.68. The van der Waals surface area contributed by atoms with E-state index in [9.17, 15) is 24.6 Å². The van der Waals surface area contributed by atoms with Crippen molar-refractivity contribution in [1.82, 2.24) is 0 Å². The van der Waals surface area contributed by atoms with Crippen LogP contribution in [0.1, 0.15) is 26.7 Å². The minimum Gasteiger partial charge on any atom is -0.481 e. The fourth-order valence-corrected chi connectivity index (χ4v) is 4.05. The van der Waals surface area contributed by atoms with Crippen molar-refractivity contribution in [3.8, 4) is 0 Å². The first-order valence-corrected chi connectivity index (χ1v) is 7.49. The number of ketones is 1. The van der Waals surface area contributed by atoms with Gasteiger partial charge in [-0.1, -0.05) is 19.6 Å². The lowest BCUT2D eigenvalue weighted by molar-refractivity contribution is -0.161. The number of aliphatic hydroxyl groups excluding tert-OH is 1. The Balaban J connectivity index is 2.58. The van der Waals surface area contributed by atoms with Gasteiger partial charge in [-0.3, -0.25) is 14.4 Å². The number of ether oxygens (including phenoxy) is 1. The van der Waals surface area contributed by atoms with Crippen molar-refractivity contribution in [2.75, 3.05) is 7.11 Å². The van der Waals surface area contributed by atoms with Gasteiger partial charge in [-0.05, 0) is 30.9 Å². The maximum absolute atomic E-state index is 12.6. The Labute approximate surface area is 134 Å². The predicted molar refractivity (Wildman–Crippen MR) is 81.4 cm³/mol. The molecule has 0 bridgehead atoms. The monoisotopic (exact) mass is 322 g/mol. The van der Waals surface area contributed by atoms with E-state index in [4.69, 9.17) is 0 Å². The fourth-order valence-electron chi connectivity index (χ4n) is 4.05. The lowest BCUT2D eigenvalue weighted by atomic mass is 9.47. The Bertz CT molecular complexity index is 606. The molecular formula is C17H22O6. The smallest absolute Gasteiger partial charge is 0.313 e. The first kappa shape index (κ1) is 17.4. The standard InChI is InChI=1S/C17H22O6/c1-9-10(7-14(20)23-4)17(3)12(8-11(9)18)16(2,15(21)22)6-5-13(17)19/h5-6,10-12,18H,1,7-8H2,2-4H3,(H,21,22)/t10-,11+,12?,16+,17+/m0/s1. The highest BCUT2D eigenvalue weighted by Crippen LogP contribution is 2.58. The van der Waals surface area contributed by atoms with Crippen molar-refractivity contribution in [3.05, 3.63) is 24.3 Å². The van der Waals surface area contributed by atoms with Gasteiger partial charge in [0.2, 0.25) is 0 Å². The molecule has 0 spiro atoms. The van der Waals surface area contributed by atoms with E-state index in [1.165, 1.54) is 26.2 Å². The second-order valence-corrected chi connectivity index (χ2v) is 6.78. The molecule has 0 saturated heterocycles. The van der Waals surface area contributed by atoms with Crippen LogP contribution in [0.3, 0.4) is 0 Å². The van der Waals surface area contributed by atoms with E-state index in [-0.39, 0.29) is 18.6 Å². The molecule has 2 rings (SSSR count).